The zero-order valence-corrected chi connectivity index (χ0v) is 14.4. The van der Waals surface area contributed by atoms with Crippen LogP contribution >= 0.6 is 0 Å². The molecule has 5 nitrogen and oxygen atoms in total. The fourth-order valence-electron chi connectivity index (χ4n) is 3.12. The summed E-state index contributed by atoms with van der Waals surface area (Å²) in [5.41, 5.74) is 2.72. The minimum atomic E-state index is -0.0824. The van der Waals surface area contributed by atoms with E-state index in [1.165, 1.54) is 5.56 Å². The van der Waals surface area contributed by atoms with Crippen molar-refractivity contribution >= 4 is 5.91 Å². The number of carbonyl (C=O) groups excluding carboxylic acids is 1. The molecule has 0 spiro atoms. The zero-order valence-electron chi connectivity index (χ0n) is 14.4. The van der Waals surface area contributed by atoms with Crippen LogP contribution in [-0.4, -0.2) is 40.6 Å². The lowest BCUT2D eigenvalue weighted by Gasteiger charge is -2.31. The number of pyridine rings is 1. The second kappa shape index (κ2) is 8.74. The van der Waals surface area contributed by atoms with Gasteiger partial charge in [0.1, 0.15) is 0 Å². The van der Waals surface area contributed by atoms with Gasteiger partial charge in [0.2, 0.25) is 0 Å². The summed E-state index contributed by atoms with van der Waals surface area (Å²) in [6.07, 6.45) is 3.84. The van der Waals surface area contributed by atoms with Crippen LogP contribution in [-0.2, 0) is 13.1 Å². The van der Waals surface area contributed by atoms with E-state index in [4.69, 9.17) is 0 Å². The molecule has 1 aromatic heterocycles. The van der Waals surface area contributed by atoms with Crippen molar-refractivity contribution in [3.63, 3.8) is 0 Å². The second-order valence-electron chi connectivity index (χ2n) is 6.60. The highest BCUT2D eigenvalue weighted by molar-refractivity contribution is 5.94. The standard InChI is InChI=1S/C20H25N3O2/c24-15-17-8-11-23(12-9-17)14-16-4-6-18(7-5-16)20(25)22-13-19-3-1-2-10-21-19/h1-7,10,17,24H,8-9,11-15H2,(H,22,25). The molecule has 5 heteroatoms. The van der Waals surface area contributed by atoms with Gasteiger partial charge in [-0.05, 0) is 61.7 Å². The Balaban J connectivity index is 1.49. The first-order valence-corrected chi connectivity index (χ1v) is 8.85. The Morgan fingerprint density at radius 3 is 2.56 bits per heavy atom. The molecular formula is C20H25N3O2. The minimum absolute atomic E-state index is 0.0824. The van der Waals surface area contributed by atoms with Crippen molar-refractivity contribution in [2.24, 2.45) is 5.92 Å². The van der Waals surface area contributed by atoms with Crippen LogP contribution in [0.25, 0.3) is 0 Å². The number of benzene rings is 1. The van der Waals surface area contributed by atoms with Crippen LogP contribution in [0.1, 0.15) is 34.5 Å². The van der Waals surface area contributed by atoms with Crippen molar-refractivity contribution in [2.75, 3.05) is 19.7 Å². The highest BCUT2D eigenvalue weighted by atomic mass is 16.3. The van der Waals surface area contributed by atoms with Gasteiger partial charge >= 0.3 is 0 Å². The molecule has 25 heavy (non-hydrogen) atoms. The highest BCUT2D eigenvalue weighted by Crippen LogP contribution is 2.18. The quantitative estimate of drug-likeness (QED) is 0.847. The summed E-state index contributed by atoms with van der Waals surface area (Å²) < 4.78 is 0. The van der Waals surface area contributed by atoms with E-state index in [-0.39, 0.29) is 5.91 Å². The number of nitrogens with zero attached hydrogens (tertiary/aromatic N) is 2. The number of aliphatic hydroxyl groups excluding tert-OH is 1. The summed E-state index contributed by atoms with van der Waals surface area (Å²) in [6.45, 7) is 3.68. The van der Waals surface area contributed by atoms with Crippen LogP contribution in [0.4, 0.5) is 0 Å². The van der Waals surface area contributed by atoms with Crippen LogP contribution in [0.2, 0.25) is 0 Å². The molecule has 2 heterocycles. The summed E-state index contributed by atoms with van der Waals surface area (Å²) in [7, 11) is 0. The van der Waals surface area contributed by atoms with E-state index in [1.54, 1.807) is 6.20 Å². The Kier molecular flexibility index (Phi) is 6.14. The van der Waals surface area contributed by atoms with Gasteiger partial charge in [0.25, 0.3) is 5.91 Å². The Labute approximate surface area is 148 Å². The van der Waals surface area contributed by atoms with Crippen LogP contribution in [0.3, 0.4) is 0 Å². The Hall–Kier alpha value is -2.24. The maximum atomic E-state index is 12.2. The SMILES string of the molecule is O=C(NCc1ccccn1)c1ccc(CN2CCC(CO)CC2)cc1. The van der Waals surface area contributed by atoms with Crippen LogP contribution in [0.5, 0.6) is 0 Å². The molecule has 1 fully saturated rings. The molecule has 0 atom stereocenters. The third-order valence-corrected chi connectivity index (χ3v) is 4.74. The van der Waals surface area contributed by atoms with Gasteiger partial charge in [0, 0.05) is 24.9 Å². The number of nitrogens with one attached hydrogen (secondary N) is 1. The molecule has 132 valence electrons. The third kappa shape index (κ3) is 5.11. The predicted octanol–water partition coefficient (Wildman–Crippen LogP) is 2.22. The van der Waals surface area contributed by atoms with Gasteiger partial charge in [-0.25, -0.2) is 0 Å². The fraction of sp³-hybridized carbons (Fsp3) is 0.400. The molecule has 0 saturated carbocycles. The highest BCUT2D eigenvalue weighted by Gasteiger charge is 2.18. The Bertz CT molecular complexity index is 665. The van der Waals surface area contributed by atoms with E-state index in [9.17, 15) is 9.90 Å². The maximum absolute atomic E-state index is 12.2. The number of rotatable bonds is 6. The average Bonchev–Trinajstić information content (AvgIpc) is 2.68. The van der Waals surface area contributed by atoms with E-state index in [1.807, 2.05) is 42.5 Å². The van der Waals surface area contributed by atoms with Gasteiger partial charge in [0.15, 0.2) is 0 Å². The monoisotopic (exact) mass is 339 g/mol. The van der Waals surface area contributed by atoms with Gasteiger partial charge in [-0.1, -0.05) is 18.2 Å². The molecule has 3 rings (SSSR count). The lowest BCUT2D eigenvalue weighted by atomic mass is 9.97. The Morgan fingerprint density at radius 2 is 1.92 bits per heavy atom. The smallest absolute Gasteiger partial charge is 0.251 e. The lowest BCUT2D eigenvalue weighted by molar-refractivity contribution is 0.0950. The van der Waals surface area contributed by atoms with E-state index in [0.29, 0.717) is 24.6 Å². The number of hydrogen-bond donors (Lipinski definition) is 2. The van der Waals surface area contributed by atoms with E-state index in [2.05, 4.69) is 15.2 Å². The van der Waals surface area contributed by atoms with Crippen LogP contribution in [0.15, 0.2) is 48.7 Å². The molecule has 0 radical (unpaired) electrons. The molecule has 2 N–H and O–H groups in total. The molecule has 0 bridgehead atoms. The first-order chi connectivity index (χ1) is 12.2. The number of amides is 1. The number of aliphatic hydroxyl groups is 1. The maximum Gasteiger partial charge on any atom is 0.251 e. The molecule has 1 aliphatic rings. The summed E-state index contributed by atoms with van der Waals surface area (Å²) in [6, 6.07) is 13.5. The predicted molar refractivity (Wildman–Crippen MR) is 96.9 cm³/mol. The largest absolute Gasteiger partial charge is 0.396 e. The number of piperidine rings is 1. The first kappa shape index (κ1) is 17.6. The molecule has 0 aliphatic carbocycles. The van der Waals surface area contributed by atoms with Crippen molar-refractivity contribution in [3.8, 4) is 0 Å². The normalized spacial score (nSPS) is 15.9. The molecule has 1 amide bonds. The summed E-state index contributed by atoms with van der Waals surface area (Å²) in [4.78, 5) is 18.8. The molecule has 1 saturated heterocycles. The van der Waals surface area contributed by atoms with Crippen molar-refractivity contribution < 1.29 is 9.90 Å². The summed E-state index contributed by atoms with van der Waals surface area (Å²) in [5.74, 6) is 0.377. The molecule has 1 aliphatic heterocycles. The van der Waals surface area contributed by atoms with E-state index in [0.717, 1.165) is 38.2 Å². The zero-order chi connectivity index (χ0) is 17.5. The van der Waals surface area contributed by atoms with Gasteiger partial charge in [-0.3, -0.25) is 14.7 Å². The second-order valence-corrected chi connectivity index (χ2v) is 6.60. The van der Waals surface area contributed by atoms with Crippen LogP contribution < -0.4 is 5.32 Å². The summed E-state index contributed by atoms with van der Waals surface area (Å²) in [5, 5.41) is 12.1. The third-order valence-electron chi connectivity index (χ3n) is 4.74. The number of hydrogen-bond acceptors (Lipinski definition) is 4. The average molecular weight is 339 g/mol. The van der Waals surface area contributed by atoms with E-state index < -0.39 is 0 Å². The number of carbonyl (C=O) groups is 1. The number of aromatic nitrogens is 1. The van der Waals surface area contributed by atoms with Gasteiger partial charge < -0.3 is 10.4 Å². The molecule has 1 aromatic carbocycles. The molecule has 2 aromatic rings. The Morgan fingerprint density at radius 1 is 1.16 bits per heavy atom. The van der Waals surface area contributed by atoms with Crippen LogP contribution in [0, 0.1) is 5.92 Å². The van der Waals surface area contributed by atoms with Crippen molar-refractivity contribution in [1.29, 1.82) is 0 Å². The number of likely N-dealkylation sites (tertiary alicyclic amines) is 1. The van der Waals surface area contributed by atoms with Crippen molar-refractivity contribution in [1.82, 2.24) is 15.2 Å². The minimum Gasteiger partial charge on any atom is -0.396 e. The van der Waals surface area contributed by atoms with E-state index >= 15 is 0 Å². The molecule has 0 unspecified atom stereocenters. The topological polar surface area (TPSA) is 65.5 Å². The van der Waals surface area contributed by atoms with Gasteiger partial charge in [-0.2, -0.15) is 0 Å². The van der Waals surface area contributed by atoms with Gasteiger partial charge in [-0.15, -0.1) is 0 Å². The van der Waals surface area contributed by atoms with Crippen molar-refractivity contribution in [3.05, 3.63) is 65.5 Å². The van der Waals surface area contributed by atoms with Gasteiger partial charge in [0.05, 0.1) is 12.2 Å². The molecular weight excluding hydrogens is 314 g/mol. The first-order valence-electron chi connectivity index (χ1n) is 8.85. The fourth-order valence-corrected chi connectivity index (χ4v) is 3.12. The summed E-state index contributed by atoms with van der Waals surface area (Å²) >= 11 is 0. The lowest BCUT2D eigenvalue weighted by Crippen LogP contribution is -2.34. The van der Waals surface area contributed by atoms with Crippen molar-refractivity contribution in [2.45, 2.75) is 25.9 Å².